The monoisotopic (exact) mass is 438 g/mol. The number of carbonyl (C=O) groups is 2. The fraction of sp³-hybridized carbons (Fsp3) is 0.261. The second-order valence-electron chi connectivity index (χ2n) is 7.34. The van der Waals surface area contributed by atoms with Gasteiger partial charge < -0.3 is 10.0 Å². The van der Waals surface area contributed by atoms with Gasteiger partial charge in [0.1, 0.15) is 0 Å². The van der Waals surface area contributed by atoms with Crippen molar-refractivity contribution < 1.29 is 14.7 Å². The van der Waals surface area contributed by atoms with Crippen molar-refractivity contribution in [2.45, 2.75) is 33.2 Å². The van der Waals surface area contributed by atoms with Crippen LogP contribution in [0.15, 0.2) is 53.1 Å². The molecule has 3 heterocycles. The molecule has 1 aromatic carbocycles. The smallest absolute Gasteiger partial charge is 0.290 e. The van der Waals surface area contributed by atoms with Crippen molar-refractivity contribution in [2.75, 3.05) is 6.54 Å². The number of ketones is 1. The predicted octanol–water partition coefficient (Wildman–Crippen LogP) is 4.95. The van der Waals surface area contributed by atoms with Gasteiger partial charge in [-0.25, -0.2) is 4.98 Å². The van der Waals surface area contributed by atoms with Crippen LogP contribution in [0.1, 0.15) is 42.4 Å². The minimum Gasteiger partial charge on any atom is -0.503 e. The van der Waals surface area contributed by atoms with Crippen LogP contribution < -0.4 is 0 Å². The highest BCUT2D eigenvalue weighted by Gasteiger charge is 2.45. The average molecular weight is 439 g/mol. The van der Waals surface area contributed by atoms with Crippen LogP contribution in [0.4, 0.5) is 0 Å². The van der Waals surface area contributed by atoms with Crippen molar-refractivity contribution in [3.8, 4) is 0 Å². The molecule has 0 spiro atoms. The third-order valence-corrected chi connectivity index (χ3v) is 7.44. The van der Waals surface area contributed by atoms with Crippen molar-refractivity contribution in [3.05, 3.63) is 84.7 Å². The number of aromatic nitrogens is 1. The van der Waals surface area contributed by atoms with Gasteiger partial charge >= 0.3 is 0 Å². The Morgan fingerprint density at radius 3 is 2.50 bits per heavy atom. The van der Waals surface area contributed by atoms with E-state index in [0.29, 0.717) is 23.5 Å². The highest BCUT2D eigenvalue weighted by molar-refractivity contribution is 7.14. The van der Waals surface area contributed by atoms with E-state index in [1.807, 2.05) is 55.6 Å². The van der Waals surface area contributed by atoms with Crippen molar-refractivity contribution in [1.29, 1.82) is 0 Å². The summed E-state index contributed by atoms with van der Waals surface area (Å²) in [7, 11) is 0. The number of aliphatic hydroxyl groups excluding tert-OH is 1. The first-order valence-electron chi connectivity index (χ1n) is 9.69. The van der Waals surface area contributed by atoms with Gasteiger partial charge in [0.2, 0.25) is 5.78 Å². The summed E-state index contributed by atoms with van der Waals surface area (Å²) in [5.74, 6) is -1.26. The molecule has 1 atom stereocenters. The first kappa shape index (κ1) is 20.5. The fourth-order valence-corrected chi connectivity index (χ4v) is 5.73. The summed E-state index contributed by atoms with van der Waals surface area (Å²) in [5, 5.41) is 13.5. The van der Waals surface area contributed by atoms with Crippen LogP contribution in [0.5, 0.6) is 0 Å². The topological polar surface area (TPSA) is 70.5 Å². The quantitative estimate of drug-likeness (QED) is 0.553. The minimum absolute atomic E-state index is 0.158. The van der Waals surface area contributed by atoms with Gasteiger partial charge in [0.25, 0.3) is 5.91 Å². The first-order chi connectivity index (χ1) is 14.4. The summed E-state index contributed by atoms with van der Waals surface area (Å²) in [6.07, 6.45) is 0.640. The summed E-state index contributed by atoms with van der Waals surface area (Å²) in [4.78, 5) is 33.8. The molecule has 3 aromatic rings. The maximum atomic E-state index is 13.5. The number of benzene rings is 1. The third kappa shape index (κ3) is 3.59. The lowest BCUT2D eigenvalue weighted by Gasteiger charge is -2.26. The molecule has 0 aliphatic carbocycles. The van der Waals surface area contributed by atoms with Gasteiger partial charge in [0.05, 0.1) is 27.2 Å². The summed E-state index contributed by atoms with van der Waals surface area (Å²) >= 11 is 2.79. The van der Waals surface area contributed by atoms with E-state index in [-0.39, 0.29) is 11.4 Å². The molecular weight excluding hydrogens is 416 g/mol. The van der Waals surface area contributed by atoms with Crippen LogP contribution in [0.2, 0.25) is 0 Å². The molecule has 0 saturated heterocycles. The molecule has 5 nitrogen and oxygen atoms in total. The zero-order chi connectivity index (χ0) is 21.4. The number of aryl methyl sites for hydroxylation is 3. The lowest BCUT2D eigenvalue weighted by Crippen LogP contribution is -2.33. The van der Waals surface area contributed by atoms with Crippen LogP contribution in [0.3, 0.4) is 0 Å². The Morgan fingerprint density at radius 2 is 1.90 bits per heavy atom. The summed E-state index contributed by atoms with van der Waals surface area (Å²) in [5.41, 5.74) is 2.88. The Hall–Kier alpha value is -2.77. The molecule has 2 aromatic heterocycles. The molecule has 1 unspecified atom stereocenters. The van der Waals surface area contributed by atoms with E-state index in [1.54, 1.807) is 11.8 Å². The average Bonchev–Trinajstić information content (AvgIpc) is 3.37. The largest absolute Gasteiger partial charge is 0.503 e. The lowest BCUT2D eigenvalue weighted by atomic mass is 9.98. The Morgan fingerprint density at radius 1 is 1.17 bits per heavy atom. The highest BCUT2D eigenvalue weighted by atomic mass is 32.1. The fourth-order valence-electron chi connectivity index (χ4n) is 3.81. The summed E-state index contributed by atoms with van der Waals surface area (Å²) in [6, 6.07) is 11.3. The standard InChI is InChI=1S/C23H22N2O3S2/c1-13-10-12-29-21(13)18-17(19(26)22-14(2)24-15(3)30-22)20(27)23(28)25(18)11-9-16-7-5-4-6-8-16/h4-8,10,12,18,27H,9,11H2,1-3H3. The number of rotatable bonds is 6. The van der Waals surface area contributed by atoms with Gasteiger partial charge in [0, 0.05) is 11.4 Å². The first-order valence-corrected chi connectivity index (χ1v) is 11.4. The molecule has 0 saturated carbocycles. The second kappa shape index (κ2) is 8.16. The van der Waals surface area contributed by atoms with Crippen molar-refractivity contribution in [1.82, 2.24) is 9.88 Å². The van der Waals surface area contributed by atoms with Gasteiger partial charge in [-0.1, -0.05) is 30.3 Å². The molecule has 7 heteroatoms. The van der Waals surface area contributed by atoms with Crippen LogP contribution in [0.25, 0.3) is 0 Å². The number of thiophene rings is 1. The summed E-state index contributed by atoms with van der Waals surface area (Å²) in [6.45, 7) is 6.00. The molecule has 1 aliphatic rings. The van der Waals surface area contributed by atoms with E-state index in [1.165, 1.54) is 22.7 Å². The second-order valence-corrected chi connectivity index (χ2v) is 9.49. The van der Waals surface area contributed by atoms with E-state index in [4.69, 9.17) is 0 Å². The SMILES string of the molecule is Cc1nc(C)c(C(=O)C2=C(O)C(=O)N(CCc3ccccc3)C2c2sccc2C)s1. The lowest BCUT2D eigenvalue weighted by molar-refractivity contribution is -0.129. The van der Waals surface area contributed by atoms with Gasteiger partial charge in [0.15, 0.2) is 5.76 Å². The normalized spacial score (nSPS) is 16.6. The van der Waals surface area contributed by atoms with Crippen LogP contribution in [0, 0.1) is 20.8 Å². The van der Waals surface area contributed by atoms with Crippen LogP contribution in [-0.2, 0) is 11.2 Å². The van der Waals surface area contributed by atoms with Gasteiger partial charge in [-0.15, -0.1) is 22.7 Å². The molecule has 1 amide bonds. The Kier molecular flexibility index (Phi) is 5.58. The van der Waals surface area contributed by atoms with E-state index < -0.39 is 17.7 Å². The van der Waals surface area contributed by atoms with Crippen LogP contribution in [-0.4, -0.2) is 33.2 Å². The van der Waals surface area contributed by atoms with Gasteiger partial charge in [-0.05, 0) is 49.8 Å². The molecule has 0 bridgehead atoms. The van der Waals surface area contributed by atoms with Gasteiger partial charge in [-0.2, -0.15) is 0 Å². The van der Waals surface area contributed by atoms with E-state index in [9.17, 15) is 14.7 Å². The van der Waals surface area contributed by atoms with Crippen molar-refractivity contribution in [3.63, 3.8) is 0 Å². The number of Topliss-reactive ketones (excluding diaryl/α,β-unsaturated/α-hetero) is 1. The summed E-state index contributed by atoms with van der Waals surface area (Å²) < 4.78 is 0. The molecule has 1 N–H and O–H groups in total. The van der Waals surface area contributed by atoms with Crippen LogP contribution >= 0.6 is 22.7 Å². The van der Waals surface area contributed by atoms with Gasteiger partial charge in [-0.3, -0.25) is 9.59 Å². The Balaban J connectivity index is 1.74. The molecule has 0 radical (unpaired) electrons. The number of thiazole rings is 1. The maximum Gasteiger partial charge on any atom is 0.290 e. The zero-order valence-electron chi connectivity index (χ0n) is 17.0. The highest BCUT2D eigenvalue weighted by Crippen LogP contribution is 2.43. The number of aliphatic hydroxyl groups is 1. The Bertz CT molecular complexity index is 1140. The number of carbonyl (C=O) groups excluding carboxylic acids is 2. The maximum absolute atomic E-state index is 13.5. The number of hydrogen-bond acceptors (Lipinski definition) is 6. The van der Waals surface area contributed by atoms with E-state index in [2.05, 4.69) is 4.98 Å². The number of amides is 1. The molecule has 30 heavy (non-hydrogen) atoms. The zero-order valence-corrected chi connectivity index (χ0v) is 18.6. The number of hydrogen-bond donors (Lipinski definition) is 1. The molecule has 0 fully saturated rings. The third-order valence-electron chi connectivity index (χ3n) is 5.29. The van der Waals surface area contributed by atoms with E-state index >= 15 is 0 Å². The molecule has 154 valence electrons. The Labute approximate surface area is 183 Å². The molecular formula is C23H22N2O3S2. The predicted molar refractivity (Wildman–Crippen MR) is 119 cm³/mol. The minimum atomic E-state index is -0.587. The molecule has 4 rings (SSSR count). The number of nitrogens with zero attached hydrogens (tertiary/aromatic N) is 2. The van der Waals surface area contributed by atoms with E-state index in [0.717, 1.165) is 21.0 Å². The van der Waals surface area contributed by atoms with Crippen molar-refractivity contribution in [2.24, 2.45) is 0 Å². The van der Waals surface area contributed by atoms with Crippen molar-refractivity contribution >= 4 is 34.4 Å². The molecule has 1 aliphatic heterocycles.